The lowest BCUT2D eigenvalue weighted by atomic mass is 9.99. The van der Waals surface area contributed by atoms with Crippen molar-refractivity contribution in [1.29, 1.82) is 0 Å². The second kappa shape index (κ2) is 6.95. The van der Waals surface area contributed by atoms with E-state index in [0.717, 1.165) is 25.1 Å². The zero-order valence-electron chi connectivity index (χ0n) is 11.7. The molecule has 0 unspecified atom stereocenters. The van der Waals surface area contributed by atoms with E-state index in [1.54, 1.807) is 24.3 Å². The van der Waals surface area contributed by atoms with Crippen molar-refractivity contribution in [3.8, 4) is 5.75 Å². The van der Waals surface area contributed by atoms with Crippen molar-refractivity contribution in [3.05, 3.63) is 29.3 Å². The van der Waals surface area contributed by atoms with Crippen LogP contribution in [0.1, 0.15) is 26.2 Å². The maximum atomic E-state index is 12.1. The first kappa shape index (κ1) is 15.1. The molecule has 1 saturated heterocycles. The number of benzene rings is 1. The minimum atomic E-state index is 0.137. The Morgan fingerprint density at radius 2 is 2.15 bits per heavy atom. The SMILES string of the molecule is C[C@H]1C[C@@H](N)CCN1C(=O)CCOc1ccc(Cl)cc1. The standard InChI is InChI=1S/C15H21ClN2O2/c1-11-10-13(17)6-8-18(11)15(19)7-9-20-14-4-2-12(16)3-5-14/h2-5,11,13H,6-10,17H2,1H3/t11-,13-/m0/s1. The van der Waals surface area contributed by atoms with Gasteiger partial charge in [-0.05, 0) is 44.0 Å². The van der Waals surface area contributed by atoms with Gasteiger partial charge in [0.1, 0.15) is 5.75 Å². The Hall–Kier alpha value is -1.26. The molecular formula is C15H21ClN2O2. The van der Waals surface area contributed by atoms with E-state index in [4.69, 9.17) is 22.1 Å². The third-order valence-electron chi connectivity index (χ3n) is 3.64. The fourth-order valence-corrected chi connectivity index (χ4v) is 2.64. The number of rotatable bonds is 4. The highest BCUT2D eigenvalue weighted by atomic mass is 35.5. The van der Waals surface area contributed by atoms with E-state index >= 15 is 0 Å². The third kappa shape index (κ3) is 4.12. The van der Waals surface area contributed by atoms with Crippen LogP contribution in [0.2, 0.25) is 5.02 Å². The Kier molecular flexibility index (Phi) is 5.26. The summed E-state index contributed by atoms with van der Waals surface area (Å²) in [5.74, 6) is 0.870. The van der Waals surface area contributed by atoms with E-state index in [1.807, 2.05) is 4.90 Å². The number of carbonyl (C=O) groups is 1. The molecule has 1 fully saturated rings. The molecule has 1 heterocycles. The number of hydrogen-bond donors (Lipinski definition) is 1. The van der Waals surface area contributed by atoms with Crippen molar-refractivity contribution in [2.45, 2.75) is 38.3 Å². The van der Waals surface area contributed by atoms with Gasteiger partial charge in [0, 0.05) is 23.7 Å². The molecule has 1 aliphatic rings. The van der Waals surface area contributed by atoms with Crippen molar-refractivity contribution >= 4 is 17.5 Å². The van der Waals surface area contributed by atoms with Crippen LogP contribution in [0.25, 0.3) is 0 Å². The highest BCUT2D eigenvalue weighted by Gasteiger charge is 2.26. The predicted molar refractivity (Wildman–Crippen MR) is 79.9 cm³/mol. The predicted octanol–water partition coefficient (Wildman–Crippen LogP) is 2.45. The fraction of sp³-hybridized carbons (Fsp3) is 0.533. The van der Waals surface area contributed by atoms with Gasteiger partial charge in [0.15, 0.2) is 0 Å². The molecule has 2 N–H and O–H groups in total. The largest absolute Gasteiger partial charge is 0.493 e. The minimum absolute atomic E-state index is 0.137. The van der Waals surface area contributed by atoms with Crippen LogP contribution in [0.15, 0.2) is 24.3 Å². The van der Waals surface area contributed by atoms with Crippen molar-refractivity contribution < 1.29 is 9.53 Å². The minimum Gasteiger partial charge on any atom is -0.493 e. The van der Waals surface area contributed by atoms with Crippen LogP contribution < -0.4 is 10.5 Å². The van der Waals surface area contributed by atoms with Gasteiger partial charge in [-0.15, -0.1) is 0 Å². The third-order valence-corrected chi connectivity index (χ3v) is 3.89. The molecule has 0 radical (unpaired) electrons. The van der Waals surface area contributed by atoms with Gasteiger partial charge in [-0.1, -0.05) is 11.6 Å². The van der Waals surface area contributed by atoms with Gasteiger partial charge in [-0.2, -0.15) is 0 Å². The van der Waals surface area contributed by atoms with Crippen molar-refractivity contribution in [2.24, 2.45) is 5.73 Å². The van der Waals surface area contributed by atoms with E-state index in [0.29, 0.717) is 18.1 Å². The van der Waals surface area contributed by atoms with E-state index in [9.17, 15) is 4.79 Å². The Labute approximate surface area is 124 Å². The summed E-state index contributed by atoms with van der Waals surface area (Å²) >= 11 is 5.80. The lowest BCUT2D eigenvalue weighted by Crippen LogP contribution is -2.48. The van der Waals surface area contributed by atoms with E-state index in [-0.39, 0.29) is 18.0 Å². The van der Waals surface area contributed by atoms with Gasteiger partial charge in [-0.25, -0.2) is 0 Å². The molecule has 110 valence electrons. The highest BCUT2D eigenvalue weighted by molar-refractivity contribution is 6.30. The molecular weight excluding hydrogens is 276 g/mol. The molecule has 20 heavy (non-hydrogen) atoms. The van der Waals surface area contributed by atoms with E-state index < -0.39 is 0 Å². The normalized spacial score (nSPS) is 22.6. The van der Waals surface area contributed by atoms with Gasteiger partial charge in [0.25, 0.3) is 0 Å². The van der Waals surface area contributed by atoms with Crippen LogP contribution in [0.5, 0.6) is 5.75 Å². The zero-order valence-corrected chi connectivity index (χ0v) is 12.5. The molecule has 0 spiro atoms. The number of halogens is 1. The molecule has 2 atom stereocenters. The quantitative estimate of drug-likeness (QED) is 0.928. The molecule has 4 nitrogen and oxygen atoms in total. The number of amides is 1. The Morgan fingerprint density at radius 1 is 1.45 bits per heavy atom. The summed E-state index contributed by atoms with van der Waals surface area (Å²) < 4.78 is 5.55. The summed E-state index contributed by atoms with van der Waals surface area (Å²) in [6.45, 7) is 3.19. The average Bonchev–Trinajstić information content (AvgIpc) is 2.41. The number of nitrogens with zero attached hydrogens (tertiary/aromatic N) is 1. The molecule has 0 aromatic heterocycles. The average molecular weight is 297 g/mol. The molecule has 0 saturated carbocycles. The number of hydrogen-bond acceptors (Lipinski definition) is 3. The highest BCUT2D eigenvalue weighted by Crippen LogP contribution is 2.18. The fourth-order valence-electron chi connectivity index (χ4n) is 2.51. The first-order valence-corrected chi connectivity index (χ1v) is 7.37. The molecule has 2 rings (SSSR count). The van der Waals surface area contributed by atoms with Crippen molar-refractivity contribution in [2.75, 3.05) is 13.2 Å². The van der Waals surface area contributed by atoms with E-state index in [2.05, 4.69) is 6.92 Å². The lowest BCUT2D eigenvalue weighted by Gasteiger charge is -2.36. The van der Waals surface area contributed by atoms with Gasteiger partial charge >= 0.3 is 0 Å². The monoisotopic (exact) mass is 296 g/mol. The summed E-state index contributed by atoms with van der Waals surface area (Å²) in [6, 6.07) is 7.59. The van der Waals surface area contributed by atoms with Gasteiger partial charge in [0.05, 0.1) is 13.0 Å². The van der Waals surface area contributed by atoms with Crippen LogP contribution in [-0.2, 0) is 4.79 Å². The second-order valence-electron chi connectivity index (χ2n) is 5.27. The van der Waals surface area contributed by atoms with Crippen molar-refractivity contribution in [1.82, 2.24) is 4.90 Å². The summed E-state index contributed by atoms with van der Waals surface area (Å²) in [5, 5.41) is 0.673. The number of nitrogens with two attached hydrogens (primary N) is 1. The van der Waals surface area contributed by atoms with Gasteiger partial charge < -0.3 is 15.4 Å². The summed E-state index contributed by atoms with van der Waals surface area (Å²) in [6.07, 6.45) is 2.15. The molecule has 0 bridgehead atoms. The number of carbonyl (C=O) groups excluding carboxylic acids is 1. The molecule has 0 aliphatic carbocycles. The maximum absolute atomic E-state index is 12.1. The molecule has 5 heteroatoms. The van der Waals surface area contributed by atoms with Crippen LogP contribution in [0, 0.1) is 0 Å². The smallest absolute Gasteiger partial charge is 0.226 e. The first-order valence-electron chi connectivity index (χ1n) is 6.99. The Bertz CT molecular complexity index is 450. The van der Waals surface area contributed by atoms with Crippen LogP contribution in [-0.4, -0.2) is 36.0 Å². The summed E-state index contributed by atoms with van der Waals surface area (Å²) in [5.41, 5.74) is 5.90. The van der Waals surface area contributed by atoms with Crippen molar-refractivity contribution in [3.63, 3.8) is 0 Å². The number of ether oxygens (including phenoxy) is 1. The topological polar surface area (TPSA) is 55.6 Å². The Balaban J connectivity index is 1.76. The lowest BCUT2D eigenvalue weighted by molar-refractivity contribution is -0.135. The summed E-state index contributed by atoms with van der Waals surface area (Å²) in [4.78, 5) is 14.1. The summed E-state index contributed by atoms with van der Waals surface area (Å²) in [7, 11) is 0. The van der Waals surface area contributed by atoms with Crippen LogP contribution >= 0.6 is 11.6 Å². The van der Waals surface area contributed by atoms with Crippen LogP contribution in [0.4, 0.5) is 0 Å². The number of likely N-dealkylation sites (tertiary alicyclic amines) is 1. The molecule has 1 aliphatic heterocycles. The first-order chi connectivity index (χ1) is 9.56. The van der Waals surface area contributed by atoms with Gasteiger partial charge in [0.2, 0.25) is 5.91 Å². The molecule has 1 aromatic rings. The maximum Gasteiger partial charge on any atom is 0.226 e. The zero-order chi connectivity index (χ0) is 14.5. The second-order valence-corrected chi connectivity index (χ2v) is 5.71. The molecule has 1 amide bonds. The number of piperidine rings is 1. The van der Waals surface area contributed by atoms with Crippen LogP contribution in [0.3, 0.4) is 0 Å². The van der Waals surface area contributed by atoms with E-state index in [1.165, 1.54) is 0 Å². The van der Waals surface area contributed by atoms with Gasteiger partial charge in [-0.3, -0.25) is 4.79 Å². The molecule has 1 aromatic carbocycles. The Morgan fingerprint density at radius 3 is 2.80 bits per heavy atom.